The third-order valence-electron chi connectivity index (χ3n) is 1.99. The molecule has 2 aromatic rings. The Balaban J connectivity index is 2.57. The Bertz CT molecular complexity index is 469. The van der Waals surface area contributed by atoms with Crippen LogP contribution < -0.4 is 0 Å². The van der Waals surface area contributed by atoms with Gasteiger partial charge in [-0.05, 0) is 17.0 Å². The van der Waals surface area contributed by atoms with Crippen LogP contribution in [0, 0.1) is 11.3 Å². The first kappa shape index (κ1) is 7.75. The number of nitrogens with zero attached hydrogens (tertiary/aromatic N) is 2. The van der Waals surface area contributed by atoms with Crippen molar-refractivity contribution >= 4 is 10.8 Å². The Morgan fingerprint density at radius 1 is 1.23 bits per heavy atom. The third kappa shape index (κ3) is 1.50. The molecule has 0 fully saturated rings. The maximum absolute atomic E-state index is 8.53. The second-order valence-electron chi connectivity index (χ2n) is 2.89. The molecule has 0 aliphatic heterocycles. The lowest BCUT2D eigenvalue weighted by Crippen LogP contribution is -1.81. The summed E-state index contributed by atoms with van der Waals surface area (Å²) in [5.41, 5.74) is 1.06. The summed E-state index contributed by atoms with van der Waals surface area (Å²) < 4.78 is 0. The van der Waals surface area contributed by atoms with Crippen LogP contribution in [0.3, 0.4) is 0 Å². The van der Waals surface area contributed by atoms with Crippen molar-refractivity contribution in [2.45, 2.75) is 6.42 Å². The number of nitriles is 1. The molecule has 1 aromatic heterocycles. The summed E-state index contributed by atoms with van der Waals surface area (Å²) in [7, 11) is 0. The smallest absolute Gasteiger partial charge is 0.0669 e. The zero-order chi connectivity index (χ0) is 9.10. The molecule has 0 saturated heterocycles. The molecular weight excluding hydrogens is 160 g/mol. The Morgan fingerprint density at radius 3 is 3.00 bits per heavy atom. The number of benzene rings is 1. The number of hydrogen-bond donors (Lipinski definition) is 0. The van der Waals surface area contributed by atoms with E-state index in [1.165, 1.54) is 0 Å². The lowest BCUT2D eigenvalue weighted by Gasteiger charge is -1.98. The molecule has 0 unspecified atom stereocenters. The third-order valence-corrected chi connectivity index (χ3v) is 1.99. The molecule has 0 saturated carbocycles. The molecule has 2 nitrogen and oxygen atoms in total. The topological polar surface area (TPSA) is 36.7 Å². The summed E-state index contributed by atoms with van der Waals surface area (Å²) in [5, 5.41) is 10.8. The predicted octanol–water partition coefficient (Wildman–Crippen LogP) is 2.30. The molecule has 13 heavy (non-hydrogen) atoms. The van der Waals surface area contributed by atoms with Crippen LogP contribution in [0.25, 0.3) is 10.8 Å². The molecular formula is C11H8N2. The van der Waals surface area contributed by atoms with E-state index in [4.69, 9.17) is 5.26 Å². The van der Waals surface area contributed by atoms with Crippen molar-refractivity contribution in [1.82, 2.24) is 4.98 Å². The summed E-state index contributed by atoms with van der Waals surface area (Å²) in [6.45, 7) is 0. The molecule has 0 spiro atoms. The molecule has 0 bridgehead atoms. The Kier molecular flexibility index (Phi) is 1.93. The maximum atomic E-state index is 8.53. The second kappa shape index (κ2) is 3.24. The minimum absolute atomic E-state index is 0.470. The van der Waals surface area contributed by atoms with E-state index in [-0.39, 0.29) is 0 Å². The quantitative estimate of drug-likeness (QED) is 0.655. The van der Waals surface area contributed by atoms with E-state index in [0.29, 0.717) is 6.42 Å². The van der Waals surface area contributed by atoms with Crippen molar-refractivity contribution in [3.05, 3.63) is 42.2 Å². The van der Waals surface area contributed by atoms with Gasteiger partial charge in [-0.3, -0.25) is 4.98 Å². The highest BCUT2D eigenvalue weighted by atomic mass is 14.6. The van der Waals surface area contributed by atoms with E-state index in [9.17, 15) is 0 Å². The second-order valence-corrected chi connectivity index (χ2v) is 2.89. The largest absolute Gasteiger partial charge is 0.264 e. The van der Waals surface area contributed by atoms with E-state index in [1.54, 1.807) is 6.20 Å². The predicted molar refractivity (Wildman–Crippen MR) is 51.1 cm³/mol. The van der Waals surface area contributed by atoms with Gasteiger partial charge in [-0.15, -0.1) is 0 Å². The van der Waals surface area contributed by atoms with Crippen molar-refractivity contribution in [1.29, 1.82) is 5.26 Å². The van der Waals surface area contributed by atoms with Crippen molar-refractivity contribution < 1.29 is 0 Å². The molecule has 2 rings (SSSR count). The van der Waals surface area contributed by atoms with Gasteiger partial charge in [0.1, 0.15) is 0 Å². The van der Waals surface area contributed by atoms with Crippen molar-refractivity contribution in [3.8, 4) is 6.07 Å². The molecule has 0 atom stereocenters. The number of hydrogen-bond acceptors (Lipinski definition) is 2. The van der Waals surface area contributed by atoms with Gasteiger partial charge in [0.25, 0.3) is 0 Å². The molecule has 0 N–H and O–H groups in total. The van der Waals surface area contributed by atoms with Crippen LogP contribution in [0.15, 0.2) is 36.7 Å². The summed E-state index contributed by atoms with van der Waals surface area (Å²) in [6.07, 6.45) is 4.06. The van der Waals surface area contributed by atoms with E-state index >= 15 is 0 Å². The number of rotatable bonds is 1. The SMILES string of the molecule is N#CCc1ccc2cnccc2c1. The fourth-order valence-corrected chi connectivity index (χ4v) is 1.33. The van der Waals surface area contributed by atoms with Gasteiger partial charge >= 0.3 is 0 Å². The number of aromatic nitrogens is 1. The molecule has 0 aliphatic rings. The van der Waals surface area contributed by atoms with Crippen LogP contribution in [0.1, 0.15) is 5.56 Å². The maximum Gasteiger partial charge on any atom is 0.0669 e. The first-order chi connectivity index (χ1) is 6.40. The summed E-state index contributed by atoms with van der Waals surface area (Å²) in [5.74, 6) is 0. The van der Waals surface area contributed by atoms with Gasteiger partial charge in [0.05, 0.1) is 12.5 Å². The van der Waals surface area contributed by atoms with Gasteiger partial charge in [-0.1, -0.05) is 18.2 Å². The van der Waals surface area contributed by atoms with Crippen molar-refractivity contribution in [2.24, 2.45) is 0 Å². The zero-order valence-corrected chi connectivity index (χ0v) is 7.07. The fourth-order valence-electron chi connectivity index (χ4n) is 1.33. The van der Waals surface area contributed by atoms with E-state index in [1.807, 2.05) is 30.5 Å². The molecule has 0 aliphatic carbocycles. The van der Waals surface area contributed by atoms with Crippen LogP contribution in [-0.2, 0) is 6.42 Å². The van der Waals surface area contributed by atoms with Crippen LogP contribution in [0.4, 0.5) is 0 Å². The van der Waals surface area contributed by atoms with Gasteiger partial charge in [0.15, 0.2) is 0 Å². The van der Waals surface area contributed by atoms with Crippen LogP contribution >= 0.6 is 0 Å². The summed E-state index contributed by atoms with van der Waals surface area (Å²) in [6, 6.07) is 10.1. The minimum Gasteiger partial charge on any atom is -0.264 e. The number of pyridine rings is 1. The lowest BCUT2D eigenvalue weighted by atomic mass is 10.1. The Hall–Kier alpha value is -1.88. The average Bonchev–Trinajstić information content (AvgIpc) is 2.18. The minimum atomic E-state index is 0.470. The molecule has 2 heteroatoms. The normalized spacial score (nSPS) is 9.77. The average molecular weight is 168 g/mol. The highest BCUT2D eigenvalue weighted by Crippen LogP contribution is 2.14. The molecule has 0 radical (unpaired) electrons. The van der Waals surface area contributed by atoms with Gasteiger partial charge < -0.3 is 0 Å². The molecule has 0 amide bonds. The number of fused-ring (bicyclic) bond motifs is 1. The molecule has 1 aromatic carbocycles. The van der Waals surface area contributed by atoms with E-state index in [2.05, 4.69) is 11.1 Å². The van der Waals surface area contributed by atoms with Crippen LogP contribution in [-0.4, -0.2) is 4.98 Å². The van der Waals surface area contributed by atoms with E-state index in [0.717, 1.165) is 16.3 Å². The fraction of sp³-hybridized carbons (Fsp3) is 0.0909. The van der Waals surface area contributed by atoms with Gasteiger partial charge in [0, 0.05) is 17.8 Å². The van der Waals surface area contributed by atoms with Crippen LogP contribution in [0.5, 0.6) is 0 Å². The summed E-state index contributed by atoms with van der Waals surface area (Å²) in [4.78, 5) is 4.02. The standard InChI is InChI=1S/C11H8N2/c12-5-3-9-1-2-11-8-13-6-4-10(11)7-9/h1-2,4,6-8H,3H2. The van der Waals surface area contributed by atoms with Gasteiger partial charge in [-0.25, -0.2) is 0 Å². The van der Waals surface area contributed by atoms with Gasteiger partial charge in [-0.2, -0.15) is 5.26 Å². The van der Waals surface area contributed by atoms with E-state index < -0.39 is 0 Å². The Labute approximate surface area is 76.5 Å². The molecule has 62 valence electrons. The van der Waals surface area contributed by atoms with Gasteiger partial charge in [0.2, 0.25) is 0 Å². The highest BCUT2D eigenvalue weighted by molar-refractivity contribution is 5.82. The first-order valence-electron chi connectivity index (χ1n) is 4.10. The lowest BCUT2D eigenvalue weighted by molar-refractivity contribution is 1.27. The summed E-state index contributed by atoms with van der Waals surface area (Å²) >= 11 is 0. The van der Waals surface area contributed by atoms with Crippen LogP contribution in [0.2, 0.25) is 0 Å². The zero-order valence-electron chi connectivity index (χ0n) is 7.07. The highest BCUT2D eigenvalue weighted by Gasteiger charge is 1.94. The molecule has 1 heterocycles. The monoisotopic (exact) mass is 168 g/mol. The Morgan fingerprint density at radius 2 is 2.15 bits per heavy atom. The van der Waals surface area contributed by atoms with Crippen molar-refractivity contribution in [2.75, 3.05) is 0 Å². The first-order valence-corrected chi connectivity index (χ1v) is 4.10. The van der Waals surface area contributed by atoms with Crippen molar-refractivity contribution in [3.63, 3.8) is 0 Å².